The summed E-state index contributed by atoms with van der Waals surface area (Å²) in [7, 11) is -4.12. The van der Waals surface area contributed by atoms with Gasteiger partial charge in [-0.25, -0.2) is 17.2 Å². The van der Waals surface area contributed by atoms with Gasteiger partial charge in [-0.3, -0.25) is 9.40 Å². The maximum atomic E-state index is 12.9. The van der Waals surface area contributed by atoms with E-state index in [2.05, 4.69) is 14.8 Å². The number of aliphatic hydroxyl groups excluding tert-OH is 1. The monoisotopic (exact) mass is 395 g/mol. The Hall–Kier alpha value is -2.97. The first kappa shape index (κ1) is 18.8. The Balaban J connectivity index is 1.98. The average Bonchev–Trinajstić information content (AvgIpc) is 3.25. The molecule has 0 spiro atoms. The zero-order valence-corrected chi connectivity index (χ0v) is 14.8. The highest BCUT2D eigenvalue weighted by Gasteiger charge is 2.25. The molecule has 2 aromatic heterocycles. The van der Waals surface area contributed by atoms with Crippen LogP contribution in [0.4, 0.5) is 14.5 Å². The largest absolute Gasteiger partial charge is 0.394 e. The van der Waals surface area contributed by atoms with Gasteiger partial charge < -0.3 is 10.1 Å². The van der Waals surface area contributed by atoms with E-state index in [-0.39, 0.29) is 10.6 Å². The molecule has 3 rings (SSSR count). The molecule has 1 aromatic carbocycles. The lowest BCUT2D eigenvalue weighted by atomic mass is 10.1. The Labute approximate surface area is 153 Å². The summed E-state index contributed by atoms with van der Waals surface area (Å²) in [5.41, 5.74) is 1.81. The second kappa shape index (κ2) is 6.98. The number of nitriles is 1. The molecule has 11 heteroatoms. The van der Waals surface area contributed by atoms with Crippen LogP contribution in [0.3, 0.4) is 0 Å². The van der Waals surface area contributed by atoms with Gasteiger partial charge >= 0.3 is 0 Å². The van der Waals surface area contributed by atoms with Crippen LogP contribution in [0.15, 0.2) is 35.6 Å². The van der Waals surface area contributed by atoms with Crippen molar-refractivity contribution >= 4 is 26.6 Å². The summed E-state index contributed by atoms with van der Waals surface area (Å²) in [6.07, 6.45) is 0.422. The number of hydrogen-bond donors (Lipinski definition) is 3. The Morgan fingerprint density at radius 2 is 2.19 bits per heavy atom. The number of fused-ring (bicyclic) bond motifs is 1. The van der Waals surface area contributed by atoms with Crippen molar-refractivity contribution in [2.24, 2.45) is 0 Å². The van der Waals surface area contributed by atoms with E-state index >= 15 is 0 Å². The third-order valence-corrected chi connectivity index (χ3v) is 5.43. The molecule has 0 radical (unpaired) electrons. The van der Waals surface area contributed by atoms with Crippen molar-refractivity contribution in [3.8, 4) is 6.07 Å². The van der Waals surface area contributed by atoms with E-state index in [0.29, 0.717) is 21.1 Å². The molecule has 0 bridgehead atoms. The Bertz CT molecular complexity index is 1130. The lowest BCUT2D eigenvalue weighted by Gasteiger charge is -2.13. The van der Waals surface area contributed by atoms with Crippen LogP contribution in [0.5, 0.6) is 0 Å². The maximum Gasteiger partial charge on any atom is 0.265 e. The van der Waals surface area contributed by atoms with E-state index in [1.165, 1.54) is 12.3 Å². The molecule has 0 aliphatic carbocycles. The van der Waals surface area contributed by atoms with E-state index in [1.807, 2.05) is 6.07 Å². The summed E-state index contributed by atoms with van der Waals surface area (Å²) in [5.74, 6) is 0. The Kier molecular flexibility index (Phi) is 4.86. The molecule has 1 unspecified atom stereocenters. The van der Waals surface area contributed by atoms with Gasteiger partial charge in [0.25, 0.3) is 16.4 Å². The van der Waals surface area contributed by atoms with Crippen LogP contribution in [0.25, 0.3) is 10.9 Å². The third-order valence-electron chi connectivity index (χ3n) is 4.11. The molecule has 1 atom stereocenters. The highest BCUT2D eigenvalue weighted by atomic mass is 32.2. The minimum atomic E-state index is -4.12. The van der Waals surface area contributed by atoms with Gasteiger partial charge in [-0.15, -0.1) is 0 Å². The third kappa shape index (κ3) is 3.36. The summed E-state index contributed by atoms with van der Waals surface area (Å²) >= 11 is 0. The first-order valence-electron chi connectivity index (χ1n) is 7.75. The minimum absolute atomic E-state index is 0.206. The van der Waals surface area contributed by atoms with Crippen LogP contribution in [0, 0.1) is 18.3 Å². The van der Waals surface area contributed by atoms with Crippen LogP contribution < -0.4 is 4.72 Å². The fourth-order valence-corrected chi connectivity index (χ4v) is 3.73. The summed E-state index contributed by atoms with van der Waals surface area (Å²) in [6, 6.07) is 3.59. The Morgan fingerprint density at radius 1 is 1.44 bits per heavy atom. The van der Waals surface area contributed by atoms with Crippen molar-refractivity contribution in [1.29, 1.82) is 5.26 Å². The predicted octanol–water partition coefficient (Wildman–Crippen LogP) is 2.14. The second-order valence-corrected chi connectivity index (χ2v) is 7.52. The van der Waals surface area contributed by atoms with Gasteiger partial charge in [0.1, 0.15) is 17.0 Å². The number of aryl methyl sites for hydroxylation is 1. The highest BCUT2D eigenvalue weighted by molar-refractivity contribution is 7.92. The van der Waals surface area contributed by atoms with Gasteiger partial charge in [-0.05, 0) is 18.6 Å². The number of rotatable bonds is 6. The normalized spacial score (nSPS) is 13.0. The van der Waals surface area contributed by atoms with Crippen LogP contribution in [0.2, 0.25) is 0 Å². The number of hydrogen-bond acceptors (Lipinski definition) is 5. The number of benzene rings is 1. The van der Waals surface area contributed by atoms with Crippen molar-refractivity contribution in [3.63, 3.8) is 0 Å². The first-order chi connectivity index (χ1) is 12.8. The molecule has 2 heterocycles. The molecular formula is C16H15F2N5O3S. The Morgan fingerprint density at radius 3 is 2.81 bits per heavy atom. The van der Waals surface area contributed by atoms with Gasteiger partial charge in [-0.1, -0.05) is 6.07 Å². The van der Waals surface area contributed by atoms with Crippen LogP contribution >= 0.6 is 0 Å². The number of alkyl halides is 2. The minimum Gasteiger partial charge on any atom is -0.394 e. The van der Waals surface area contributed by atoms with Gasteiger partial charge in [0.05, 0.1) is 29.6 Å². The average molecular weight is 395 g/mol. The summed E-state index contributed by atoms with van der Waals surface area (Å²) in [6.45, 7) is 0.906. The molecule has 0 amide bonds. The standard InChI is InChI=1S/C16H15F2N5O3S/c1-9-2-3-12(15-14(9)10(4-19)5-20-15)22-27(25,26)11-6-21-23(7-11)13(8-24)16(17)18/h2-3,5-7,13,16,20,22,24H,8H2,1H3. The molecule has 0 saturated carbocycles. The first-order valence-corrected chi connectivity index (χ1v) is 9.23. The smallest absolute Gasteiger partial charge is 0.265 e. The van der Waals surface area contributed by atoms with Crippen LogP contribution in [-0.4, -0.2) is 41.3 Å². The van der Waals surface area contributed by atoms with Crippen molar-refractivity contribution < 1.29 is 22.3 Å². The lowest BCUT2D eigenvalue weighted by molar-refractivity contribution is 0.0420. The highest BCUT2D eigenvalue weighted by Crippen LogP contribution is 2.30. The molecule has 0 saturated heterocycles. The number of H-pyrrole nitrogens is 1. The molecule has 3 N–H and O–H groups in total. The second-order valence-electron chi connectivity index (χ2n) is 5.84. The summed E-state index contributed by atoms with van der Waals surface area (Å²) in [4.78, 5) is 2.54. The number of nitrogens with one attached hydrogen (secondary N) is 2. The van der Waals surface area contributed by atoms with Gasteiger partial charge in [0.15, 0.2) is 0 Å². The van der Waals surface area contributed by atoms with E-state index in [0.717, 1.165) is 18.0 Å². The zero-order valence-electron chi connectivity index (χ0n) is 14.0. The van der Waals surface area contributed by atoms with E-state index in [9.17, 15) is 22.5 Å². The number of aromatic nitrogens is 3. The van der Waals surface area contributed by atoms with Crippen molar-refractivity contribution in [3.05, 3.63) is 41.9 Å². The predicted molar refractivity (Wildman–Crippen MR) is 92.9 cm³/mol. The van der Waals surface area contributed by atoms with Crippen molar-refractivity contribution in [1.82, 2.24) is 14.8 Å². The summed E-state index contributed by atoms with van der Waals surface area (Å²) < 4.78 is 54.0. The fourth-order valence-electron chi connectivity index (χ4n) is 2.72. The number of nitrogens with zero attached hydrogens (tertiary/aromatic N) is 3. The zero-order chi connectivity index (χ0) is 19.8. The van der Waals surface area contributed by atoms with Gasteiger partial charge in [0.2, 0.25) is 0 Å². The molecule has 0 aliphatic rings. The van der Waals surface area contributed by atoms with Crippen molar-refractivity contribution in [2.45, 2.75) is 24.3 Å². The lowest BCUT2D eigenvalue weighted by Crippen LogP contribution is -2.21. The number of aliphatic hydroxyl groups is 1. The van der Waals surface area contributed by atoms with Gasteiger partial charge in [0, 0.05) is 17.8 Å². The summed E-state index contributed by atoms with van der Waals surface area (Å²) in [5, 5.41) is 22.4. The van der Waals surface area contributed by atoms with E-state index in [1.54, 1.807) is 13.0 Å². The molecule has 0 aliphatic heterocycles. The fraction of sp³-hybridized carbons (Fsp3) is 0.250. The molecule has 27 heavy (non-hydrogen) atoms. The van der Waals surface area contributed by atoms with Crippen LogP contribution in [0.1, 0.15) is 17.2 Å². The molecule has 3 aromatic rings. The molecule has 8 nitrogen and oxygen atoms in total. The molecular weight excluding hydrogens is 380 g/mol. The number of aromatic amines is 1. The quantitative estimate of drug-likeness (QED) is 0.590. The van der Waals surface area contributed by atoms with Crippen LogP contribution in [-0.2, 0) is 10.0 Å². The van der Waals surface area contributed by atoms with E-state index in [4.69, 9.17) is 5.11 Å². The van der Waals surface area contributed by atoms with E-state index < -0.39 is 29.1 Å². The maximum absolute atomic E-state index is 12.9. The van der Waals surface area contributed by atoms with Crippen molar-refractivity contribution in [2.75, 3.05) is 11.3 Å². The molecule has 142 valence electrons. The molecule has 0 fully saturated rings. The number of halogens is 2. The SMILES string of the molecule is Cc1ccc(NS(=O)(=O)c2cnn(C(CO)C(F)F)c2)c2[nH]cc(C#N)c12. The number of sulfonamides is 1. The van der Waals surface area contributed by atoms with Gasteiger partial charge in [-0.2, -0.15) is 10.4 Å². The number of anilines is 1. The topological polar surface area (TPSA) is 124 Å².